The van der Waals surface area contributed by atoms with Crippen LogP contribution < -0.4 is 0 Å². The molecule has 0 N–H and O–H groups in total. The molecule has 0 unspecified atom stereocenters. The van der Waals surface area contributed by atoms with Gasteiger partial charge in [0.05, 0.1) is 0 Å². The summed E-state index contributed by atoms with van der Waals surface area (Å²) in [7, 11) is 0. The molecule has 0 bridgehead atoms. The fraction of sp³-hybridized carbons (Fsp3) is 0. The summed E-state index contributed by atoms with van der Waals surface area (Å²) in [6.45, 7) is 0. The van der Waals surface area contributed by atoms with Crippen molar-refractivity contribution in [3.63, 3.8) is 0 Å². The number of halogens is 1. The molecule has 0 atom stereocenters. The maximum Gasteiger partial charge on any atom is 0.151 e. The molecule has 0 heterocycles. The van der Waals surface area contributed by atoms with E-state index in [0.29, 0.717) is 5.56 Å². The molecule has 0 amide bonds. The first-order chi connectivity index (χ1) is 9.29. The third-order valence-electron chi connectivity index (χ3n) is 3.23. The lowest BCUT2D eigenvalue weighted by Gasteiger charge is -2.07. The Hall–Kier alpha value is -1.93. The van der Waals surface area contributed by atoms with Crippen molar-refractivity contribution in [2.24, 2.45) is 0 Å². The minimum absolute atomic E-state index is 0.706. The second kappa shape index (κ2) is 4.98. The largest absolute Gasteiger partial charge is 0.298 e. The number of fused-ring (bicyclic) bond motifs is 1. The lowest BCUT2D eigenvalue weighted by Crippen LogP contribution is -1.86. The molecule has 0 aromatic heterocycles. The maximum atomic E-state index is 11.2. The Morgan fingerprint density at radius 3 is 2.37 bits per heavy atom. The molecule has 0 aliphatic carbocycles. The van der Waals surface area contributed by atoms with Crippen molar-refractivity contribution in [1.82, 2.24) is 0 Å². The van der Waals surface area contributed by atoms with Gasteiger partial charge in [-0.05, 0) is 34.0 Å². The molecule has 0 saturated heterocycles. The highest BCUT2D eigenvalue weighted by molar-refractivity contribution is 9.10. The lowest BCUT2D eigenvalue weighted by atomic mass is 9.99. The van der Waals surface area contributed by atoms with Crippen molar-refractivity contribution in [3.05, 3.63) is 70.7 Å². The molecule has 3 rings (SSSR count). The van der Waals surface area contributed by atoms with Crippen LogP contribution in [0.3, 0.4) is 0 Å². The van der Waals surface area contributed by atoms with Crippen molar-refractivity contribution < 1.29 is 4.79 Å². The van der Waals surface area contributed by atoms with Gasteiger partial charge in [-0.3, -0.25) is 4.79 Å². The van der Waals surface area contributed by atoms with Gasteiger partial charge in [0.1, 0.15) is 0 Å². The Labute approximate surface area is 120 Å². The standard InChI is InChI=1S/C17H11BrO/c18-17-9-7-14-10-13(12-4-2-1-3-5-12)6-8-15(14)16(17)11-19/h1-11H. The summed E-state index contributed by atoms with van der Waals surface area (Å²) in [4.78, 5) is 11.2. The van der Waals surface area contributed by atoms with E-state index in [1.54, 1.807) is 0 Å². The molecule has 19 heavy (non-hydrogen) atoms. The molecule has 92 valence electrons. The van der Waals surface area contributed by atoms with Crippen LogP contribution in [0, 0.1) is 0 Å². The van der Waals surface area contributed by atoms with Gasteiger partial charge >= 0.3 is 0 Å². The summed E-state index contributed by atoms with van der Waals surface area (Å²) in [5, 5.41) is 2.05. The molecule has 0 fully saturated rings. The Bertz CT molecular complexity index is 748. The molecule has 0 aliphatic heterocycles. The van der Waals surface area contributed by atoms with Crippen LogP contribution in [0.4, 0.5) is 0 Å². The number of rotatable bonds is 2. The molecule has 0 spiro atoms. The summed E-state index contributed by atoms with van der Waals surface area (Å²) in [5.41, 5.74) is 3.05. The van der Waals surface area contributed by atoms with Crippen LogP contribution in [0.25, 0.3) is 21.9 Å². The number of hydrogen-bond acceptors (Lipinski definition) is 1. The Kier molecular flexibility index (Phi) is 3.18. The quantitative estimate of drug-likeness (QED) is 0.603. The van der Waals surface area contributed by atoms with Gasteiger partial charge in [0.2, 0.25) is 0 Å². The highest BCUT2D eigenvalue weighted by Gasteiger charge is 2.06. The molecular formula is C17H11BrO. The van der Waals surface area contributed by atoms with E-state index in [1.165, 1.54) is 5.56 Å². The van der Waals surface area contributed by atoms with E-state index in [0.717, 1.165) is 27.1 Å². The first kappa shape index (κ1) is 12.1. The van der Waals surface area contributed by atoms with E-state index in [1.807, 2.05) is 36.4 Å². The van der Waals surface area contributed by atoms with E-state index in [-0.39, 0.29) is 0 Å². The zero-order valence-corrected chi connectivity index (χ0v) is 11.7. The van der Waals surface area contributed by atoms with Crippen molar-refractivity contribution in [1.29, 1.82) is 0 Å². The minimum Gasteiger partial charge on any atom is -0.298 e. The fourth-order valence-electron chi connectivity index (χ4n) is 2.26. The summed E-state index contributed by atoms with van der Waals surface area (Å²) in [6, 6.07) is 20.3. The van der Waals surface area contributed by atoms with E-state index >= 15 is 0 Å². The van der Waals surface area contributed by atoms with Gasteiger partial charge in [-0.1, -0.05) is 64.5 Å². The normalized spacial score (nSPS) is 10.6. The monoisotopic (exact) mass is 310 g/mol. The van der Waals surface area contributed by atoms with Crippen molar-refractivity contribution in [2.45, 2.75) is 0 Å². The molecule has 3 aromatic rings. The molecule has 0 saturated carbocycles. The second-order valence-corrected chi connectivity index (χ2v) is 5.24. The SMILES string of the molecule is O=Cc1c(Br)ccc2cc(-c3ccccc3)ccc12. The van der Waals surface area contributed by atoms with E-state index in [2.05, 4.69) is 40.2 Å². The topological polar surface area (TPSA) is 17.1 Å². The van der Waals surface area contributed by atoms with Crippen LogP contribution in [0.2, 0.25) is 0 Å². The number of hydrogen-bond donors (Lipinski definition) is 0. The highest BCUT2D eigenvalue weighted by Crippen LogP contribution is 2.29. The molecule has 1 nitrogen and oxygen atoms in total. The maximum absolute atomic E-state index is 11.2. The van der Waals surface area contributed by atoms with Crippen LogP contribution in [0.5, 0.6) is 0 Å². The van der Waals surface area contributed by atoms with E-state index in [9.17, 15) is 4.79 Å². The predicted octanol–water partition coefficient (Wildman–Crippen LogP) is 5.08. The van der Waals surface area contributed by atoms with Crippen LogP contribution >= 0.6 is 15.9 Å². The second-order valence-electron chi connectivity index (χ2n) is 4.38. The first-order valence-corrected chi connectivity index (χ1v) is 6.82. The summed E-state index contributed by atoms with van der Waals surface area (Å²) in [5.74, 6) is 0. The van der Waals surface area contributed by atoms with Gasteiger partial charge in [-0.2, -0.15) is 0 Å². The van der Waals surface area contributed by atoms with E-state index < -0.39 is 0 Å². The van der Waals surface area contributed by atoms with Gasteiger partial charge in [-0.15, -0.1) is 0 Å². The van der Waals surface area contributed by atoms with Crippen molar-refractivity contribution in [2.75, 3.05) is 0 Å². The molecular weight excluding hydrogens is 300 g/mol. The van der Waals surface area contributed by atoms with Gasteiger partial charge < -0.3 is 0 Å². The first-order valence-electron chi connectivity index (χ1n) is 6.02. The molecule has 0 aliphatic rings. The third kappa shape index (κ3) is 2.20. The third-order valence-corrected chi connectivity index (χ3v) is 3.92. The lowest BCUT2D eigenvalue weighted by molar-refractivity contribution is 0.112. The summed E-state index contributed by atoms with van der Waals surface area (Å²) >= 11 is 3.41. The average Bonchev–Trinajstić information content (AvgIpc) is 2.47. The number of aldehydes is 1. The highest BCUT2D eigenvalue weighted by atomic mass is 79.9. The average molecular weight is 311 g/mol. The van der Waals surface area contributed by atoms with Crippen molar-refractivity contribution >= 4 is 33.0 Å². The number of carbonyl (C=O) groups excluding carboxylic acids is 1. The van der Waals surface area contributed by atoms with Crippen LogP contribution in [0.1, 0.15) is 10.4 Å². The predicted molar refractivity (Wildman–Crippen MR) is 82.5 cm³/mol. The van der Waals surface area contributed by atoms with Crippen LogP contribution in [0.15, 0.2) is 65.1 Å². The van der Waals surface area contributed by atoms with Gasteiger partial charge in [-0.25, -0.2) is 0 Å². The zero-order chi connectivity index (χ0) is 13.2. The van der Waals surface area contributed by atoms with E-state index in [4.69, 9.17) is 0 Å². The Morgan fingerprint density at radius 2 is 1.63 bits per heavy atom. The van der Waals surface area contributed by atoms with Gasteiger partial charge in [0, 0.05) is 10.0 Å². The minimum atomic E-state index is 0.706. The van der Waals surface area contributed by atoms with Gasteiger partial charge in [0.25, 0.3) is 0 Å². The summed E-state index contributed by atoms with van der Waals surface area (Å²) < 4.78 is 0.836. The smallest absolute Gasteiger partial charge is 0.151 e. The molecule has 3 aromatic carbocycles. The zero-order valence-electron chi connectivity index (χ0n) is 10.1. The summed E-state index contributed by atoms with van der Waals surface area (Å²) in [6.07, 6.45) is 0.897. The number of benzene rings is 3. The van der Waals surface area contributed by atoms with Crippen LogP contribution in [-0.4, -0.2) is 6.29 Å². The Morgan fingerprint density at radius 1 is 0.842 bits per heavy atom. The molecule has 0 radical (unpaired) electrons. The van der Waals surface area contributed by atoms with Gasteiger partial charge in [0.15, 0.2) is 6.29 Å². The van der Waals surface area contributed by atoms with Crippen molar-refractivity contribution in [3.8, 4) is 11.1 Å². The number of carbonyl (C=O) groups is 1. The van der Waals surface area contributed by atoms with Crippen LogP contribution in [-0.2, 0) is 0 Å². The fourth-order valence-corrected chi connectivity index (χ4v) is 2.70. The Balaban J connectivity index is 2.23. The molecule has 2 heteroatoms.